The second kappa shape index (κ2) is 10.9. The zero-order valence-corrected chi connectivity index (χ0v) is 21.0. The van der Waals surface area contributed by atoms with Crippen LogP contribution < -0.4 is 10.5 Å². The van der Waals surface area contributed by atoms with E-state index in [4.69, 9.17) is 16.7 Å². The third kappa shape index (κ3) is 6.83. The van der Waals surface area contributed by atoms with Gasteiger partial charge in [0.2, 0.25) is 5.78 Å². The van der Waals surface area contributed by atoms with Gasteiger partial charge in [-0.1, -0.05) is 17.7 Å². The van der Waals surface area contributed by atoms with Crippen molar-refractivity contribution < 1.29 is 35.0 Å². The highest BCUT2D eigenvalue weighted by atomic mass is 35.5. The summed E-state index contributed by atoms with van der Waals surface area (Å²) in [5.74, 6) is -0.975. The van der Waals surface area contributed by atoms with Crippen LogP contribution in [0.5, 0.6) is 0 Å². The molecule has 1 saturated carbocycles. The third-order valence-corrected chi connectivity index (χ3v) is 6.68. The lowest BCUT2D eigenvalue weighted by molar-refractivity contribution is -0.137. The molecular weight excluding hydrogens is 556 g/mol. The van der Waals surface area contributed by atoms with Gasteiger partial charge < -0.3 is 5.32 Å². The van der Waals surface area contributed by atoms with Crippen molar-refractivity contribution in [1.29, 1.82) is 0 Å². The zero-order chi connectivity index (χ0) is 27.7. The average molecular weight is 577 g/mol. The van der Waals surface area contributed by atoms with E-state index in [0.29, 0.717) is 0 Å². The highest BCUT2D eigenvalue weighted by Gasteiger charge is 2.36. The van der Waals surface area contributed by atoms with E-state index in [1.54, 1.807) is 0 Å². The summed E-state index contributed by atoms with van der Waals surface area (Å²) in [5.41, 5.74) is -0.741. The number of nitrogens with two attached hydrogens (primary N) is 1. The van der Waals surface area contributed by atoms with Crippen molar-refractivity contribution >= 4 is 33.5 Å². The fourth-order valence-corrected chi connectivity index (χ4v) is 4.74. The van der Waals surface area contributed by atoms with E-state index in [-0.39, 0.29) is 48.6 Å². The van der Waals surface area contributed by atoms with Crippen molar-refractivity contribution in [2.45, 2.75) is 37.8 Å². The topological polar surface area (TPSA) is 142 Å². The van der Waals surface area contributed by atoms with E-state index < -0.39 is 51.0 Å². The van der Waals surface area contributed by atoms with Crippen LogP contribution in [0, 0.1) is 5.92 Å². The van der Waals surface area contributed by atoms with Gasteiger partial charge in [0.15, 0.2) is 0 Å². The molecule has 16 heteroatoms. The van der Waals surface area contributed by atoms with Gasteiger partial charge in [0, 0.05) is 12.4 Å². The number of alkyl halides is 4. The first-order valence-electron chi connectivity index (χ1n) is 11.1. The molecule has 3 N–H and O–H groups in total. The van der Waals surface area contributed by atoms with Gasteiger partial charge in [0.25, 0.3) is 0 Å². The number of carbonyl (C=O) groups is 1. The molecule has 0 unspecified atom stereocenters. The number of ketones is 1. The first-order valence-corrected chi connectivity index (χ1v) is 13.0. The highest BCUT2D eigenvalue weighted by Crippen LogP contribution is 2.35. The van der Waals surface area contributed by atoms with Gasteiger partial charge in [0.05, 0.1) is 35.3 Å². The number of halogens is 5. The van der Waals surface area contributed by atoms with E-state index in [1.807, 2.05) is 0 Å². The second-order valence-electron chi connectivity index (χ2n) is 8.71. The van der Waals surface area contributed by atoms with Crippen LogP contribution >= 0.6 is 11.6 Å². The molecule has 2 aromatic heterocycles. The maximum atomic E-state index is 14.6. The number of benzene rings is 1. The molecule has 0 saturated heterocycles. The minimum Gasteiger partial charge on any atom is -0.364 e. The number of carbonyl (C=O) groups excluding carboxylic acids is 1. The Hall–Kier alpha value is -3.14. The Labute approximate surface area is 219 Å². The number of aromatic nitrogens is 4. The number of nitrogens with one attached hydrogen (secondary N) is 1. The summed E-state index contributed by atoms with van der Waals surface area (Å²) in [4.78, 5) is 21.0. The van der Waals surface area contributed by atoms with Crippen molar-refractivity contribution in [3.63, 3.8) is 0 Å². The largest absolute Gasteiger partial charge is 0.417 e. The lowest BCUT2D eigenvalue weighted by atomic mass is 10.1. The van der Waals surface area contributed by atoms with E-state index in [0.717, 1.165) is 12.1 Å². The van der Waals surface area contributed by atoms with E-state index in [1.165, 1.54) is 35.5 Å². The standard InChI is InChI=1S/C22H21ClF4N6O4S/c23-16-2-1-12(5-15(16)22(25,26)27)9-33-4-3-18(32-33)20(34)14-8-29-11-30-21(14)31-19-7-13(6-17(19)24)10-37-38(28,35)36/h1-5,8,11,13,17,19H,6-7,9-10H2,(H2,28,35,36)(H,29,30,31)/t13-,17+,19-/m1/s1. The molecule has 1 aliphatic carbocycles. The van der Waals surface area contributed by atoms with Crippen LogP contribution in [0.15, 0.2) is 43.0 Å². The molecule has 2 heterocycles. The molecule has 3 atom stereocenters. The molecule has 3 aromatic rings. The predicted octanol–water partition coefficient (Wildman–Crippen LogP) is 3.37. The quantitative estimate of drug-likeness (QED) is 0.292. The van der Waals surface area contributed by atoms with Crippen molar-refractivity contribution in [3.8, 4) is 0 Å². The minimum atomic E-state index is -4.62. The summed E-state index contributed by atoms with van der Waals surface area (Å²) in [7, 11) is -4.16. The predicted molar refractivity (Wildman–Crippen MR) is 127 cm³/mol. The average Bonchev–Trinajstić information content (AvgIpc) is 3.44. The van der Waals surface area contributed by atoms with Crippen molar-refractivity contribution in [2.24, 2.45) is 11.1 Å². The molecule has 10 nitrogen and oxygen atoms in total. The molecule has 0 radical (unpaired) electrons. The maximum Gasteiger partial charge on any atom is 0.417 e. The van der Waals surface area contributed by atoms with Gasteiger partial charge in [-0.15, -0.1) is 0 Å². The second-order valence-corrected chi connectivity index (χ2v) is 10.3. The smallest absolute Gasteiger partial charge is 0.364 e. The van der Waals surface area contributed by atoms with E-state index in [2.05, 4.69) is 24.6 Å². The molecule has 1 aromatic carbocycles. The molecule has 204 valence electrons. The number of nitrogens with zero attached hydrogens (tertiary/aromatic N) is 4. The van der Waals surface area contributed by atoms with Gasteiger partial charge in [-0.2, -0.15) is 26.7 Å². The fourth-order valence-electron chi connectivity index (χ4n) is 4.13. The third-order valence-electron chi connectivity index (χ3n) is 5.88. The summed E-state index contributed by atoms with van der Waals surface area (Å²) in [6.45, 7) is -0.333. The monoisotopic (exact) mass is 576 g/mol. The van der Waals surface area contributed by atoms with Crippen molar-refractivity contribution in [3.05, 3.63) is 70.4 Å². The van der Waals surface area contributed by atoms with Crippen LogP contribution in [0.2, 0.25) is 5.02 Å². The summed E-state index contributed by atoms with van der Waals surface area (Å²) in [5, 5.41) is 11.4. The number of anilines is 1. The molecule has 0 aliphatic heterocycles. The van der Waals surface area contributed by atoms with Gasteiger partial charge in [0.1, 0.15) is 24.0 Å². The Morgan fingerprint density at radius 1 is 1.26 bits per heavy atom. The van der Waals surface area contributed by atoms with Crippen LogP contribution in [0.25, 0.3) is 0 Å². The molecule has 1 aliphatic rings. The zero-order valence-electron chi connectivity index (χ0n) is 19.4. The molecular formula is C22H21ClF4N6O4S. The minimum absolute atomic E-state index is 0.0000339. The van der Waals surface area contributed by atoms with Crippen LogP contribution in [-0.2, 0) is 27.2 Å². The van der Waals surface area contributed by atoms with E-state index >= 15 is 0 Å². The normalized spacial score (nSPS) is 20.0. The Balaban J connectivity index is 1.47. The van der Waals surface area contributed by atoms with Crippen molar-refractivity contribution in [1.82, 2.24) is 19.7 Å². The maximum absolute atomic E-state index is 14.6. The van der Waals surface area contributed by atoms with Gasteiger partial charge in [-0.3, -0.25) is 13.7 Å². The molecule has 0 bridgehead atoms. The Morgan fingerprint density at radius 3 is 2.74 bits per heavy atom. The SMILES string of the molecule is NS(=O)(=O)OC[C@@H]1C[C@H](F)[C@H](Nc2ncncc2C(=O)c2ccn(Cc3ccc(Cl)c(C(F)(F)F)c3)n2)C1. The van der Waals surface area contributed by atoms with Crippen LogP contribution in [0.4, 0.5) is 23.4 Å². The highest BCUT2D eigenvalue weighted by molar-refractivity contribution is 7.84. The Kier molecular flexibility index (Phi) is 8.01. The summed E-state index contributed by atoms with van der Waals surface area (Å²) >= 11 is 5.66. The summed E-state index contributed by atoms with van der Waals surface area (Å²) in [6, 6.07) is 4.07. The summed E-state index contributed by atoms with van der Waals surface area (Å²) < 4.78 is 81.9. The van der Waals surface area contributed by atoms with Gasteiger partial charge in [-0.25, -0.2) is 19.5 Å². The van der Waals surface area contributed by atoms with Crippen LogP contribution in [0.1, 0.15) is 40.0 Å². The van der Waals surface area contributed by atoms with Crippen LogP contribution in [-0.4, -0.2) is 52.8 Å². The number of rotatable bonds is 9. The van der Waals surface area contributed by atoms with Gasteiger partial charge in [-0.05, 0) is 42.5 Å². The lowest BCUT2D eigenvalue weighted by Crippen LogP contribution is -2.27. The first kappa shape index (κ1) is 27.9. The van der Waals surface area contributed by atoms with E-state index in [9.17, 15) is 30.8 Å². The molecule has 4 rings (SSSR count). The first-order chi connectivity index (χ1) is 17.8. The van der Waals surface area contributed by atoms with Gasteiger partial charge >= 0.3 is 16.5 Å². The lowest BCUT2D eigenvalue weighted by Gasteiger charge is -2.17. The molecule has 1 fully saturated rings. The Morgan fingerprint density at radius 2 is 2.03 bits per heavy atom. The van der Waals surface area contributed by atoms with Crippen molar-refractivity contribution in [2.75, 3.05) is 11.9 Å². The summed E-state index contributed by atoms with van der Waals surface area (Å²) in [6.07, 6.45) is -1.95. The molecule has 38 heavy (non-hydrogen) atoms. The molecule has 0 spiro atoms. The fraction of sp³-hybridized carbons (Fsp3) is 0.364. The number of hydrogen-bond acceptors (Lipinski definition) is 8. The Bertz CT molecular complexity index is 1440. The molecule has 0 amide bonds. The number of hydrogen-bond donors (Lipinski definition) is 2. The van der Waals surface area contributed by atoms with Crippen LogP contribution in [0.3, 0.4) is 0 Å².